The van der Waals surface area contributed by atoms with Crippen molar-refractivity contribution in [2.45, 2.75) is 26.3 Å². The number of halogens is 3. The van der Waals surface area contributed by atoms with Gasteiger partial charge in [-0.25, -0.2) is 0 Å². The summed E-state index contributed by atoms with van der Waals surface area (Å²) >= 11 is 0. The zero-order valence-corrected chi connectivity index (χ0v) is 10.8. The first-order chi connectivity index (χ1) is 9.39. The summed E-state index contributed by atoms with van der Waals surface area (Å²) in [6, 6.07) is 5.47. The maximum absolute atomic E-state index is 12.1. The van der Waals surface area contributed by atoms with E-state index < -0.39 is 6.36 Å². The molecule has 4 nitrogen and oxygen atoms in total. The van der Waals surface area contributed by atoms with Crippen LogP contribution in [0.3, 0.4) is 0 Å². The van der Waals surface area contributed by atoms with Crippen LogP contribution in [0.1, 0.15) is 13.3 Å². The number of benzene rings is 1. The second-order valence-electron chi connectivity index (χ2n) is 4.27. The van der Waals surface area contributed by atoms with Crippen molar-refractivity contribution in [3.8, 4) is 17.0 Å². The van der Waals surface area contributed by atoms with E-state index >= 15 is 0 Å². The minimum atomic E-state index is -4.69. The molecule has 0 unspecified atom stereocenters. The molecule has 0 atom stereocenters. The number of ether oxygens (including phenoxy) is 1. The van der Waals surface area contributed by atoms with Crippen molar-refractivity contribution in [1.29, 1.82) is 0 Å². The number of rotatable bonds is 4. The Balaban J connectivity index is 2.21. The maximum Gasteiger partial charge on any atom is 0.573 e. The molecule has 108 valence electrons. The van der Waals surface area contributed by atoms with Crippen LogP contribution in [-0.2, 0) is 6.54 Å². The molecule has 0 saturated heterocycles. The molecule has 2 aromatic rings. The zero-order valence-electron chi connectivity index (χ0n) is 10.8. The van der Waals surface area contributed by atoms with Gasteiger partial charge in [-0.05, 0) is 30.7 Å². The molecule has 7 heteroatoms. The fourth-order valence-electron chi connectivity index (χ4n) is 1.82. The van der Waals surface area contributed by atoms with Crippen molar-refractivity contribution in [3.05, 3.63) is 30.5 Å². The first-order valence-corrected chi connectivity index (χ1v) is 6.08. The van der Waals surface area contributed by atoms with Gasteiger partial charge < -0.3 is 10.5 Å². The Morgan fingerprint density at radius 2 is 1.90 bits per heavy atom. The van der Waals surface area contributed by atoms with Gasteiger partial charge in [-0.2, -0.15) is 5.10 Å². The van der Waals surface area contributed by atoms with Crippen LogP contribution in [0.15, 0.2) is 30.5 Å². The van der Waals surface area contributed by atoms with E-state index in [1.807, 2.05) is 6.92 Å². The van der Waals surface area contributed by atoms with Crippen molar-refractivity contribution >= 4 is 5.69 Å². The minimum absolute atomic E-state index is 0.271. The monoisotopic (exact) mass is 285 g/mol. The van der Waals surface area contributed by atoms with E-state index in [2.05, 4.69) is 9.84 Å². The number of alkyl halides is 3. The van der Waals surface area contributed by atoms with Crippen molar-refractivity contribution in [1.82, 2.24) is 9.78 Å². The van der Waals surface area contributed by atoms with Crippen LogP contribution in [0.4, 0.5) is 18.9 Å². The van der Waals surface area contributed by atoms with E-state index in [4.69, 9.17) is 5.73 Å². The first kappa shape index (κ1) is 14.2. The fourth-order valence-corrected chi connectivity index (χ4v) is 1.82. The van der Waals surface area contributed by atoms with Gasteiger partial charge in [0.1, 0.15) is 11.4 Å². The number of aromatic nitrogens is 2. The van der Waals surface area contributed by atoms with Gasteiger partial charge in [0.05, 0.1) is 5.69 Å². The molecule has 0 aliphatic carbocycles. The highest BCUT2D eigenvalue weighted by molar-refractivity contribution is 5.72. The van der Waals surface area contributed by atoms with Crippen LogP contribution >= 0.6 is 0 Å². The highest BCUT2D eigenvalue weighted by Crippen LogP contribution is 2.28. The van der Waals surface area contributed by atoms with Gasteiger partial charge in [0.15, 0.2) is 0 Å². The number of nitrogens with two attached hydrogens (primary N) is 1. The second kappa shape index (κ2) is 5.44. The molecule has 0 bridgehead atoms. The Labute approximate surface area is 114 Å². The van der Waals surface area contributed by atoms with Crippen molar-refractivity contribution in [2.24, 2.45) is 0 Å². The summed E-state index contributed by atoms with van der Waals surface area (Å²) in [7, 11) is 0. The van der Waals surface area contributed by atoms with Crippen LogP contribution in [-0.4, -0.2) is 16.1 Å². The van der Waals surface area contributed by atoms with E-state index in [0.29, 0.717) is 16.9 Å². The van der Waals surface area contributed by atoms with Crippen LogP contribution in [0, 0.1) is 0 Å². The Morgan fingerprint density at radius 3 is 2.45 bits per heavy atom. The third kappa shape index (κ3) is 3.43. The summed E-state index contributed by atoms with van der Waals surface area (Å²) in [6.07, 6.45) is -2.07. The van der Waals surface area contributed by atoms with Gasteiger partial charge >= 0.3 is 6.36 Å². The van der Waals surface area contributed by atoms with Gasteiger partial charge in [0, 0.05) is 18.3 Å². The van der Waals surface area contributed by atoms with Crippen LogP contribution in [0.5, 0.6) is 5.75 Å². The van der Waals surface area contributed by atoms with E-state index in [1.54, 1.807) is 10.9 Å². The fraction of sp³-hybridized carbons (Fsp3) is 0.308. The summed E-state index contributed by atoms with van der Waals surface area (Å²) in [5.41, 5.74) is 7.54. The quantitative estimate of drug-likeness (QED) is 0.936. The molecule has 1 aromatic carbocycles. The molecule has 0 spiro atoms. The zero-order chi connectivity index (χ0) is 14.8. The first-order valence-electron chi connectivity index (χ1n) is 6.08. The van der Waals surface area contributed by atoms with Crippen molar-refractivity contribution in [2.75, 3.05) is 5.73 Å². The number of aryl methyl sites for hydroxylation is 1. The van der Waals surface area contributed by atoms with Crippen LogP contribution in [0.2, 0.25) is 0 Å². The van der Waals surface area contributed by atoms with Gasteiger partial charge in [-0.1, -0.05) is 6.92 Å². The van der Waals surface area contributed by atoms with E-state index in [0.717, 1.165) is 13.0 Å². The molecule has 0 saturated carbocycles. The van der Waals surface area contributed by atoms with E-state index in [1.165, 1.54) is 24.3 Å². The Morgan fingerprint density at radius 1 is 1.25 bits per heavy atom. The predicted octanol–water partition coefficient (Wildman–Crippen LogP) is 3.44. The molecule has 0 amide bonds. The second-order valence-corrected chi connectivity index (χ2v) is 4.27. The molecular weight excluding hydrogens is 271 g/mol. The Kier molecular flexibility index (Phi) is 3.87. The summed E-state index contributed by atoms with van der Waals surface area (Å²) in [5.74, 6) is -0.271. The normalized spacial score (nSPS) is 11.6. The lowest BCUT2D eigenvalue weighted by Gasteiger charge is -2.08. The number of hydrogen-bond donors (Lipinski definition) is 1. The number of nitrogens with zero attached hydrogens (tertiary/aromatic N) is 2. The maximum atomic E-state index is 12.1. The minimum Gasteiger partial charge on any atom is -0.406 e. The molecule has 0 aliphatic heterocycles. The predicted molar refractivity (Wildman–Crippen MR) is 69.0 cm³/mol. The molecule has 2 N–H and O–H groups in total. The van der Waals surface area contributed by atoms with Crippen molar-refractivity contribution < 1.29 is 17.9 Å². The Bertz CT molecular complexity index is 576. The van der Waals surface area contributed by atoms with E-state index in [-0.39, 0.29) is 5.75 Å². The molecule has 0 radical (unpaired) electrons. The van der Waals surface area contributed by atoms with E-state index in [9.17, 15) is 13.2 Å². The van der Waals surface area contributed by atoms with Crippen LogP contribution in [0.25, 0.3) is 11.3 Å². The van der Waals surface area contributed by atoms with Gasteiger partial charge in [-0.15, -0.1) is 13.2 Å². The molecular formula is C13H14F3N3O. The highest BCUT2D eigenvalue weighted by atomic mass is 19.4. The molecule has 0 aliphatic rings. The third-order valence-electron chi connectivity index (χ3n) is 2.60. The molecule has 2 rings (SSSR count). The summed E-state index contributed by atoms with van der Waals surface area (Å²) < 4.78 is 41.7. The summed E-state index contributed by atoms with van der Waals surface area (Å²) in [4.78, 5) is 0. The molecule has 1 heterocycles. The smallest absolute Gasteiger partial charge is 0.406 e. The lowest BCUT2D eigenvalue weighted by Crippen LogP contribution is -2.16. The van der Waals surface area contributed by atoms with Crippen molar-refractivity contribution in [3.63, 3.8) is 0 Å². The van der Waals surface area contributed by atoms with Gasteiger partial charge in [0.25, 0.3) is 0 Å². The topological polar surface area (TPSA) is 53.1 Å². The number of nitrogen functional groups attached to an aromatic ring is 1. The largest absolute Gasteiger partial charge is 0.573 e. The number of anilines is 1. The van der Waals surface area contributed by atoms with Gasteiger partial charge in [-0.3, -0.25) is 4.68 Å². The average molecular weight is 285 g/mol. The lowest BCUT2D eigenvalue weighted by molar-refractivity contribution is -0.274. The number of hydrogen-bond acceptors (Lipinski definition) is 3. The summed E-state index contributed by atoms with van der Waals surface area (Å²) in [5, 5.41) is 4.30. The average Bonchev–Trinajstić information content (AvgIpc) is 2.70. The highest BCUT2D eigenvalue weighted by Gasteiger charge is 2.31. The lowest BCUT2D eigenvalue weighted by atomic mass is 10.1. The molecule has 20 heavy (non-hydrogen) atoms. The molecule has 1 aromatic heterocycles. The Hall–Kier alpha value is -2.18. The summed E-state index contributed by atoms with van der Waals surface area (Å²) in [6.45, 7) is 2.75. The SMILES string of the molecule is CCCn1cc(N)c(-c2ccc(OC(F)(F)F)cc2)n1. The standard InChI is InChI=1S/C13H14F3N3O/c1-2-7-19-8-11(17)12(18-19)9-3-5-10(6-4-9)20-13(14,15)16/h3-6,8H,2,7,17H2,1H3. The van der Waals surface area contributed by atoms with Crippen LogP contribution < -0.4 is 10.5 Å². The third-order valence-corrected chi connectivity index (χ3v) is 2.60. The molecule has 0 fully saturated rings. The van der Waals surface area contributed by atoms with Gasteiger partial charge in [0.2, 0.25) is 0 Å².